The molecule has 0 fully saturated rings. The summed E-state index contributed by atoms with van der Waals surface area (Å²) in [6.07, 6.45) is 0. The van der Waals surface area contributed by atoms with Crippen molar-refractivity contribution in [2.45, 2.75) is 6.92 Å². The maximum Gasteiger partial charge on any atom is 0.302 e. The lowest BCUT2D eigenvalue weighted by molar-refractivity contribution is -0.482. The molecule has 0 amide bonds. The topological polar surface area (TPSA) is 69.4 Å². The van der Waals surface area contributed by atoms with Crippen LogP contribution in [0.4, 0.5) is 0 Å². The fourth-order valence-corrected chi connectivity index (χ4v) is 0.264. The summed E-state index contributed by atoms with van der Waals surface area (Å²) in [7, 11) is 0. The van der Waals surface area contributed by atoms with Crippen LogP contribution < -0.4 is 0 Å². The molecule has 0 radical (unpaired) electrons. The molecule has 0 saturated heterocycles. The molecule has 0 aromatic rings. The van der Waals surface area contributed by atoms with Gasteiger partial charge >= 0.3 is 5.97 Å². The van der Waals surface area contributed by atoms with Crippen molar-refractivity contribution in [2.24, 2.45) is 0 Å². The van der Waals surface area contributed by atoms with Crippen LogP contribution in [0.15, 0.2) is 0 Å². The molecule has 5 nitrogen and oxygen atoms in total. The Balaban J connectivity index is 3.10. The van der Waals surface area contributed by atoms with Gasteiger partial charge in [-0.2, -0.15) is 0 Å². The normalized spacial score (nSPS) is 8.56. The quantitative estimate of drug-likeness (QED) is 0.304. The van der Waals surface area contributed by atoms with Crippen molar-refractivity contribution in [1.29, 1.82) is 0 Å². The van der Waals surface area contributed by atoms with Crippen LogP contribution in [-0.2, 0) is 9.53 Å². The van der Waals surface area contributed by atoms with E-state index in [2.05, 4.69) is 4.74 Å². The van der Waals surface area contributed by atoms with E-state index in [1.54, 1.807) is 0 Å². The number of ether oxygens (including phenoxy) is 1. The fourth-order valence-electron chi connectivity index (χ4n) is 0.264. The van der Waals surface area contributed by atoms with Gasteiger partial charge in [0.05, 0.1) is 0 Å². The van der Waals surface area contributed by atoms with Crippen molar-refractivity contribution < 1.29 is 14.5 Å². The second kappa shape index (κ2) is 3.82. The smallest absolute Gasteiger partial charge is 0.302 e. The minimum atomic E-state index is -0.539. The highest BCUT2D eigenvalue weighted by molar-refractivity contribution is 5.65. The molecule has 0 aromatic heterocycles. The molecule has 0 saturated carbocycles. The van der Waals surface area contributed by atoms with Crippen molar-refractivity contribution in [3.05, 3.63) is 10.1 Å². The molecule has 0 heterocycles. The highest BCUT2D eigenvalue weighted by atomic mass is 16.6. The van der Waals surface area contributed by atoms with Gasteiger partial charge in [0.15, 0.2) is 6.61 Å². The van der Waals surface area contributed by atoms with E-state index in [9.17, 15) is 14.9 Å². The van der Waals surface area contributed by atoms with Crippen LogP contribution in [0.25, 0.3) is 0 Å². The van der Waals surface area contributed by atoms with Crippen LogP contribution in [0.1, 0.15) is 6.92 Å². The summed E-state index contributed by atoms with van der Waals surface area (Å²) >= 11 is 0. The molecule has 0 rings (SSSR count). The first-order chi connectivity index (χ1) is 4.13. The first-order valence-corrected chi connectivity index (χ1v) is 2.38. The lowest BCUT2D eigenvalue weighted by Gasteiger charge is -1.94. The van der Waals surface area contributed by atoms with Gasteiger partial charge in [0, 0.05) is 11.8 Å². The monoisotopic (exact) mass is 133 g/mol. The minimum absolute atomic E-state index is 0.137. The lowest BCUT2D eigenvalue weighted by Crippen LogP contribution is -2.11. The van der Waals surface area contributed by atoms with Crippen LogP contribution in [0.3, 0.4) is 0 Å². The summed E-state index contributed by atoms with van der Waals surface area (Å²) in [6.45, 7) is 0.752. The lowest BCUT2D eigenvalue weighted by atomic mass is 10.7. The van der Waals surface area contributed by atoms with E-state index in [1.807, 2.05) is 0 Å². The summed E-state index contributed by atoms with van der Waals surface area (Å²) in [5, 5.41) is 9.60. The number of esters is 1. The SMILES string of the molecule is CC(=O)OCC[N+](=O)[O-]. The molecule has 0 aliphatic heterocycles. The zero-order valence-corrected chi connectivity index (χ0v) is 4.99. The third kappa shape index (κ3) is 6.87. The first-order valence-electron chi connectivity index (χ1n) is 2.38. The van der Waals surface area contributed by atoms with Gasteiger partial charge in [-0.25, -0.2) is 0 Å². The number of nitrogens with zero attached hydrogens (tertiary/aromatic N) is 1. The molecule has 0 spiro atoms. The van der Waals surface area contributed by atoms with Crippen molar-refractivity contribution >= 4 is 5.97 Å². The molecule has 0 N–H and O–H groups in total. The second-order valence-electron chi connectivity index (χ2n) is 1.40. The third-order valence-corrected chi connectivity index (χ3v) is 0.579. The Morgan fingerprint density at radius 2 is 2.33 bits per heavy atom. The van der Waals surface area contributed by atoms with Crippen LogP contribution in [0.5, 0.6) is 0 Å². The first kappa shape index (κ1) is 7.87. The molecule has 9 heavy (non-hydrogen) atoms. The molecule has 0 aliphatic carbocycles. The van der Waals surface area contributed by atoms with Gasteiger partial charge in [-0.15, -0.1) is 0 Å². The van der Waals surface area contributed by atoms with Crippen molar-refractivity contribution in [3.63, 3.8) is 0 Å². The Hall–Kier alpha value is -1.13. The van der Waals surface area contributed by atoms with Crippen LogP contribution >= 0.6 is 0 Å². The van der Waals surface area contributed by atoms with Crippen molar-refractivity contribution in [2.75, 3.05) is 13.2 Å². The number of hydrogen-bond acceptors (Lipinski definition) is 4. The molecule has 52 valence electrons. The van der Waals surface area contributed by atoms with Gasteiger partial charge in [-0.1, -0.05) is 0 Å². The standard InChI is InChI=1S/C4H7NO4/c1-4(6)9-3-2-5(7)8/h2-3H2,1H3. The zero-order valence-electron chi connectivity index (χ0n) is 4.99. The summed E-state index contributed by atoms with van der Waals surface area (Å²) in [6, 6.07) is 0. The summed E-state index contributed by atoms with van der Waals surface area (Å²) < 4.78 is 4.27. The predicted molar refractivity (Wildman–Crippen MR) is 28.5 cm³/mol. The summed E-state index contributed by atoms with van der Waals surface area (Å²) in [4.78, 5) is 19.0. The summed E-state index contributed by atoms with van der Waals surface area (Å²) in [5.74, 6) is -0.489. The van der Waals surface area contributed by atoms with Gasteiger partial charge in [0.1, 0.15) is 0 Å². The number of nitro groups is 1. The van der Waals surface area contributed by atoms with Crippen LogP contribution in [0, 0.1) is 10.1 Å². The van der Waals surface area contributed by atoms with Crippen molar-refractivity contribution in [3.8, 4) is 0 Å². The third-order valence-electron chi connectivity index (χ3n) is 0.579. The molecule has 0 atom stereocenters. The van der Waals surface area contributed by atoms with E-state index in [-0.39, 0.29) is 13.2 Å². The van der Waals surface area contributed by atoms with Gasteiger partial charge in [-0.05, 0) is 0 Å². The van der Waals surface area contributed by atoms with Gasteiger partial charge in [0.25, 0.3) is 0 Å². The maximum absolute atomic E-state index is 9.98. The van der Waals surface area contributed by atoms with E-state index in [4.69, 9.17) is 0 Å². The number of carbonyl (C=O) groups excluding carboxylic acids is 1. The molecule has 5 heteroatoms. The second-order valence-corrected chi connectivity index (χ2v) is 1.40. The highest BCUT2D eigenvalue weighted by Crippen LogP contribution is 1.75. The predicted octanol–water partition coefficient (Wildman–Crippen LogP) is -0.174. The molecular weight excluding hydrogens is 126 g/mol. The Kier molecular flexibility index (Phi) is 3.34. The van der Waals surface area contributed by atoms with Gasteiger partial charge in [-0.3, -0.25) is 14.9 Å². The van der Waals surface area contributed by atoms with E-state index in [0.717, 1.165) is 0 Å². The zero-order chi connectivity index (χ0) is 7.28. The Morgan fingerprint density at radius 1 is 1.78 bits per heavy atom. The van der Waals surface area contributed by atoms with Gasteiger partial charge in [0.2, 0.25) is 6.54 Å². The Morgan fingerprint density at radius 3 is 2.67 bits per heavy atom. The average Bonchev–Trinajstić information content (AvgIpc) is 1.63. The van der Waals surface area contributed by atoms with Crippen LogP contribution in [0.2, 0.25) is 0 Å². The Labute approximate surface area is 51.8 Å². The van der Waals surface area contributed by atoms with E-state index >= 15 is 0 Å². The number of hydrogen-bond donors (Lipinski definition) is 0. The molecule has 0 aromatic carbocycles. The van der Waals surface area contributed by atoms with E-state index in [1.165, 1.54) is 6.92 Å². The van der Waals surface area contributed by atoms with Gasteiger partial charge < -0.3 is 4.74 Å². The highest BCUT2D eigenvalue weighted by Gasteiger charge is 1.97. The molecule has 0 unspecified atom stereocenters. The molecule has 0 aliphatic rings. The fraction of sp³-hybridized carbons (Fsp3) is 0.750. The van der Waals surface area contributed by atoms with E-state index in [0.29, 0.717) is 0 Å². The van der Waals surface area contributed by atoms with E-state index < -0.39 is 10.9 Å². The Bertz CT molecular complexity index is 108. The summed E-state index contributed by atoms with van der Waals surface area (Å²) in [5.41, 5.74) is 0. The number of carbonyl (C=O) groups is 1. The maximum atomic E-state index is 9.98. The minimum Gasteiger partial charge on any atom is -0.459 e. The molecule has 0 bridgehead atoms. The van der Waals surface area contributed by atoms with Crippen molar-refractivity contribution in [1.82, 2.24) is 0 Å². The average molecular weight is 133 g/mol. The number of rotatable bonds is 3. The van der Waals surface area contributed by atoms with Crippen LogP contribution in [-0.4, -0.2) is 24.0 Å². The largest absolute Gasteiger partial charge is 0.459 e. The molecular formula is C4H7NO4.